The molecule has 0 aromatic heterocycles. The molecule has 10 heavy (non-hydrogen) atoms. The Morgan fingerprint density at radius 1 is 1.30 bits per heavy atom. The average Bonchev–Trinajstić information content (AvgIpc) is 1.96. The second-order valence-corrected chi connectivity index (χ2v) is 3.85. The predicted molar refractivity (Wildman–Crippen MR) is 43.0 cm³/mol. The fraction of sp³-hybridized carbons (Fsp3) is 1.00. The Kier molecular flexibility index (Phi) is 2.35. The SMILES string of the molecule is CC1CCCCOC1(C)C. The Bertz CT molecular complexity index is 107. The van der Waals surface area contributed by atoms with Crippen molar-refractivity contribution in [1.82, 2.24) is 0 Å². The number of rotatable bonds is 0. The molecule has 1 atom stereocenters. The summed E-state index contributed by atoms with van der Waals surface area (Å²) in [7, 11) is 0. The molecule has 0 bridgehead atoms. The molecular formula is C9H18O. The van der Waals surface area contributed by atoms with E-state index in [1.165, 1.54) is 19.3 Å². The Hall–Kier alpha value is -0.0400. The molecule has 1 unspecified atom stereocenters. The van der Waals surface area contributed by atoms with Crippen LogP contribution < -0.4 is 0 Å². The minimum atomic E-state index is 0.122. The predicted octanol–water partition coefficient (Wildman–Crippen LogP) is 2.60. The summed E-state index contributed by atoms with van der Waals surface area (Å²) in [5, 5.41) is 0. The molecule has 0 aromatic rings. The van der Waals surface area contributed by atoms with Gasteiger partial charge < -0.3 is 4.74 Å². The van der Waals surface area contributed by atoms with E-state index in [0.717, 1.165) is 12.5 Å². The molecular weight excluding hydrogens is 124 g/mol. The van der Waals surface area contributed by atoms with Gasteiger partial charge >= 0.3 is 0 Å². The van der Waals surface area contributed by atoms with Crippen molar-refractivity contribution in [3.05, 3.63) is 0 Å². The van der Waals surface area contributed by atoms with Gasteiger partial charge in [0.05, 0.1) is 5.60 Å². The monoisotopic (exact) mass is 142 g/mol. The standard InChI is InChI=1S/C9H18O/c1-8-6-4-5-7-10-9(8,2)3/h8H,4-7H2,1-3H3. The normalized spacial score (nSPS) is 33.3. The van der Waals surface area contributed by atoms with Gasteiger partial charge in [0.15, 0.2) is 0 Å². The van der Waals surface area contributed by atoms with E-state index in [9.17, 15) is 0 Å². The van der Waals surface area contributed by atoms with Crippen LogP contribution in [-0.2, 0) is 4.74 Å². The van der Waals surface area contributed by atoms with Crippen molar-refractivity contribution in [3.8, 4) is 0 Å². The third-order valence-corrected chi connectivity index (χ3v) is 2.69. The molecule has 1 saturated heterocycles. The van der Waals surface area contributed by atoms with E-state index in [4.69, 9.17) is 4.74 Å². The molecule has 1 rings (SSSR count). The molecule has 0 amide bonds. The van der Waals surface area contributed by atoms with Crippen LogP contribution in [0.1, 0.15) is 40.0 Å². The Morgan fingerprint density at radius 2 is 2.00 bits per heavy atom. The molecule has 1 fully saturated rings. The van der Waals surface area contributed by atoms with Crippen molar-refractivity contribution in [2.24, 2.45) is 5.92 Å². The minimum absolute atomic E-state index is 0.122. The van der Waals surface area contributed by atoms with Crippen molar-refractivity contribution in [1.29, 1.82) is 0 Å². The summed E-state index contributed by atoms with van der Waals surface area (Å²) in [6.45, 7) is 7.63. The van der Waals surface area contributed by atoms with Crippen LogP contribution in [0.2, 0.25) is 0 Å². The van der Waals surface area contributed by atoms with Gasteiger partial charge in [-0.2, -0.15) is 0 Å². The lowest BCUT2D eigenvalue weighted by molar-refractivity contribution is -0.0437. The van der Waals surface area contributed by atoms with Gasteiger partial charge in [-0.15, -0.1) is 0 Å². The average molecular weight is 142 g/mol. The van der Waals surface area contributed by atoms with Gasteiger partial charge in [0.2, 0.25) is 0 Å². The van der Waals surface area contributed by atoms with Gasteiger partial charge in [-0.1, -0.05) is 13.3 Å². The molecule has 60 valence electrons. The summed E-state index contributed by atoms with van der Waals surface area (Å²) < 4.78 is 5.70. The zero-order valence-corrected chi connectivity index (χ0v) is 7.31. The molecule has 0 aromatic carbocycles. The molecule has 1 aliphatic heterocycles. The molecule has 1 heteroatoms. The van der Waals surface area contributed by atoms with Gasteiger partial charge in [0.25, 0.3) is 0 Å². The molecule has 0 aliphatic carbocycles. The number of hydrogen-bond acceptors (Lipinski definition) is 1. The van der Waals surface area contributed by atoms with Gasteiger partial charge in [0.1, 0.15) is 0 Å². The first-order chi connectivity index (χ1) is 4.63. The molecule has 0 spiro atoms. The molecule has 1 heterocycles. The lowest BCUT2D eigenvalue weighted by Gasteiger charge is -2.29. The Labute approximate surface area is 63.8 Å². The third kappa shape index (κ3) is 1.72. The molecule has 0 radical (unpaired) electrons. The van der Waals surface area contributed by atoms with Gasteiger partial charge in [0, 0.05) is 6.61 Å². The van der Waals surface area contributed by atoms with Crippen LogP contribution in [0.3, 0.4) is 0 Å². The maximum atomic E-state index is 5.70. The van der Waals surface area contributed by atoms with E-state index in [1.54, 1.807) is 0 Å². The first kappa shape index (κ1) is 8.06. The summed E-state index contributed by atoms with van der Waals surface area (Å²) in [5.41, 5.74) is 0.122. The van der Waals surface area contributed by atoms with E-state index in [0.29, 0.717) is 0 Å². The summed E-state index contributed by atoms with van der Waals surface area (Å²) in [4.78, 5) is 0. The van der Waals surface area contributed by atoms with Crippen molar-refractivity contribution in [2.45, 2.75) is 45.6 Å². The maximum Gasteiger partial charge on any atom is 0.0651 e. The van der Waals surface area contributed by atoms with E-state index in [2.05, 4.69) is 20.8 Å². The van der Waals surface area contributed by atoms with E-state index in [1.807, 2.05) is 0 Å². The van der Waals surface area contributed by atoms with Crippen LogP contribution in [-0.4, -0.2) is 12.2 Å². The lowest BCUT2D eigenvalue weighted by Crippen LogP contribution is -2.31. The second kappa shape index (κ2) is 2.91. The summed E-state index contributed by atoms with van der Waals surface area (Å²) >= 11 is 0. The summed E-state index contributed by atoms with van der Waals surface area (Å²) in [6.07, 6.45) is 3.91. The van der Waals surface area contributed by atoms with Crippen LogP contribution in [0, 0.1) is 5.92 Å². The maximum absolute atomic E-state index is 5.70. The van der Waals surface area contributed by atoms with Crippen molar-refractivity contribution in [3.63, 3.8) is 0 Å². The summed E-state index contributed by atoms with van der Waals surface area (Å²) in [5.74, 6) is 0.718. The van der Waals surface area contributed by atoms with Crippen LogP contribution >= 0.6 is 0 Å². The Morgan fingerprint density at radius 3 is 2.70 bits per heavy atom. The highest BCUT2D eigenvalue weighted by Gasteiger charge is 2.27. The van der Waals surface area contributed by atoms with Gasteiger partial charge in [-0.25, -0.2) is 0 Å². The smallest absolute Gasteiger partial charge is 0.0651 e. The highest BCUT2D eigenvalue weighted by molar-refractivity contribution is 4.78. The topological polar surface area (TPSA) is 9.23 Å². The second-order valence-electron chi connectivity index (χ2n) is 3.85. The van der Waals surface area contributed by atoms with Crippen LogP contribution in [0.5, 0.6) is 0 Å². The number of ether oxygens (including phenoxy) is 1. The highest BCUT2D eigenvalue weighted by atomic mass is 16.5. The fourth-order valence-electron chi connectivity index (χ4n) is 1.38. The van der Waals surface area contributed by atoms with Gasteiger partial charge in [-0.3, -0.25) is 0 Å². The van der Waals surface area contributed by atoms with Gasteiger partial charge in [-0.05, 0) is 32.6 Å². The fourth-order valence-corrected chi connectivity index (χ4v) is 1.38. The van der Waals surface area contributed by atoms with Crippen LogP contribution in [0.15, 0.2) is 0 Å². The molecule has 0 N–H and O–H groups in total. The lowest BCUT2D eigenvalue weighted by atomic mass is 9.89. The zero-order valence-electron chi connectivity index (χ0n) is 7.31. The molecule has 1 nitrogen and oxygen atoms in total. The third-order valence-electron chi connectivity index (χ3n) is 2.69. The Balaban J connectivity index is 2.52. The largest absolute Gasteiger partial charge is 0.375 e. The molecule has 0 saturated carbocycles. The van der Waals surface area contributed by atoms with E-state index >= 15 is 0 Å². The summed E-state index contributed by atoms with van der Waals surface area (Å²) in [6, 6.07) is 0. The van der Waals surface area contributed by atoms with E-state index in [-0.39, 0.29) is 5.60 Å². The van der Waals surface area contributed by atoms with Crippen LogP contribution in [0.25, 0.3) is 0 Å². The zero-order chi connectivity index (χ0) is 7.61. The number of hydrogen-bond donors (Lipinski definition) is 0. The first-order valence-electron chi connectivity index (χ1n) is 4.27. The van der Waals surface area contributed by atoms with Crippen molar-refractivity contribution in [2.75, 3.05) is 6.61 Å². The highest BCUT2D eigenvalue weighted by Crippen LogP contribution is 2.28. The van der Waals surface area contributed by atoms with Crippen molar-refractivity contribution >= 4 is 0 Å². The van der Waals surface area contributed by atoms with Crippen LogP contribution in [0.4, 0.5) is 0 Å². The molecule has 1 aliphatic rings. The minimum Gasteiger partial charge on any atom is -0.375 e. The quantitative estimate of drug-likeness (QED) is 0.505. The van der Waals surface area contributed by atoms with E-state index < -0.39 is 0 Å². The first-order valence-corrected chi connectivity index (χ1v) is 4.27. The van der Waals surface area contributed by atoms with Crippen molar-refractivity contribution < 1.29 is 4.74 Å².